The molecular formula is C13H9BClF4KO. The van der Waals surface area contributed by atoms with E-state index >= 15 is 0 Å². The minimum absolute atomic E-state index is 0. The Hall–Kier alpha value is -0.0487. The molecule has 0 radical (unpaired) electrons. The van der Waals surface area contributed by atoms with Gasteiger partial charge in [0.2, 0.25) is 0 Å². The van der Waals surface area contributed by atoms with Gasteiger partial charge in [-0.25, -0.2) is 4.39 Å². The van der Waals surface area contributed by atoms with Crippen LogP contribution in [0.25, 0.3) is 0 Å². The van der Waals surface area contributed by atoms with Crippen LogP contribution in [0.4, 0.5) is 17.3 Å². The summed E-state index contributed by atoms with van der Waals surface area (Å²) in [5, 5.41) is -0.150. The van der Waals surface area contributed by atoms with E-state index < -0.39 is 18.3 Å². The third-order valence-electron chi connectivity index (χ3n) is 2.69. The largest absolute Gasteiger partial charge is 1.00 e. The fraction of sp³-hybridized carbons (Fsp3) is 0.0769. The Labute approximate surface area is 167 Å². The zero-order valence-corrected chi connectivity index (χ0v) is 15.0. The summed E-state index contributed by atoms with van der Waals surface area (Å²) < 4.78 is 56.8. The van der Waals surface area contributed by atoms with Crippen LogP contribution < -0.4 is 61.6 Å². The van der Waals surface area contributed by atoms with Crippen molar-refractivity contribution in [3.8, 4) is 5.75 Å². The van der Waals surface area contributed by atoms with Crippen molar-refractivity contribution in [3.05, 3.63) is 58.9 Å². The van der Waals surface area contributed by atoms with Gasteiger partial charge in [0.25, 0.3) is 0 Å². The first-order valence-corrected chi connectivity index (χ1v) is 6.12. The van der Waals surface area contributed by atoms with Crippen molar-refractivity contribution < 1.29 is 73.5 Å². The van der Waals surface area contributed by atoms with E-state index in [9.17, 15) is 17.3 Å². The van der Waals surface area contributed by atoms with Gasteiger partial charge in [-0.05, 0) is 12.1 Å². The van der Waals surface area contributed by atoms with Gasteiger partial charge < -0.3 is 17.7 Å². The number of rotatable bonds is 4. The average molecular weight is 343 g/mol. The molecule has 0 spiro atoms. The van der Waals surface area contributed by atoms with Gasteiger partial charge in [-0.1, -0.05) is 47.4 Å². The van der Waals surface area contributed by atoms with Crippen molar-refractivity contribution in [1.82, 2.24) is 0 Å². The van der Waals surface area contributed by atoms with Crippen LogP contribution in [-0.2, 0) is 6.61 Å². The summed E-state index contributed by atoms with van der Waals surface area (Å²) in [5.41, 5.74) is -0.531. The Morgan fingerprint density at radius 3 is 2.33 bits per heavy atom. The second kappa shape index (κ2) is 7.99. The molecule has 0 aliphatic carbocycles. The molecule has 0 amide bonds. The zero-order chi connectivity index (χ0) is 14.8. The molecule has 2 rings (SSSR count). The number of halogens is 5. The van der Waals surface area contributed by atoms with E-state index in [0.29, 0.717) is 0 Å². The van der Waals surface area contributed by atoms with E-state index in [1.54, 1.807) is 0 Å². The van der Waals surface area contributed by atoms with E-state index in [2.05, 4.69) is 0 Å². The van der Waals surface area contributed by atoms with Crippen molar-refractivity contribution in [2.45, 2.75) is 6.61 Å². The third kappa shape index (κ3) is 4.97. The van der Waals surface area contributed by atoms with Crippen molar-refractivity contribution in [3.63, 3.8) is 0 Å². The standard InChI is InChI=1S/C13H9BClF4O.K/c15-13-9(4-3-6-11(13)16)8-20-12-7-2-1-5-10(12)14(17,18)19;/h1-7H,8H2;/q-1;+1. The van der Waals surface area contributed by atoms with Crippen LogP contribution in [-0.4, -0.2) is 6.98 Å². The number of hydrogen-bond donors (Lipinski definition) is 0. The molecule has 0 bridgehead atoms. The Kier molecular flexibility index (Phi) is 7.23. The predicted octanol–water partition coefficient (Wildman–Crippen LogP) is 1.12. The van der Waals surface area contributed by atoms with E-state index in [1.165, 1.54) is 36.4 Å². The SMILES string of the molecule is Fc1cccc(COc2ccccc2[B-](F)(F)F)c1Cl.[K+]. The van der Waals surface area contributed by atoms with Gasteiger partial charge in [-0.3, -0.25) is 0 Å². The molecule has 0 saturated carbocycles. The second-order valence-electron chi connectivity index (χ2n) is 4.11. The molecule has 0 unspecified atom stereocenters. The van der Waals surface area contributed by atoms with Gasteiger partial charge >= 0.3 is 58.4 Å². The molecule has 0 fully saturated rings. The molecule has 21 heavy (non-hydrogen) atoms. The zero-order valence-electron chi connectivity index (χ0n) is 11.1. The molecule has 0 saturated heterocycles. The van der Waals surface area contributed by atoms with Crippen LogP contribution in [0.2, 0.25) is 5.02 Å². The van der Waals surface area contributed by atoms with Crippen molar-refractivity contribution in [2.75, 3.05) is 0 Å². The quantitative estimate of drug-likeness (QED) is 0.598. The number of ether oxygens (including phenoxy) is 1. The summed E-state index contributed by atoms with van der Waals surface area (Å²) in [6.45, 7) is -5.41. The summed E-state index contributed by atoms with van der Waals surface area (Å²) in [5.74, 6) is -0.929. The van der Waals surface area contributed by atoms with Crippen molar-refractivity contribution in [1.29, 1.82) is 0 Å². The summed E-state index contributed by atoms with van der Waals surface area (Å²) in [4.78, 5) is 0. The van der Waals surface area contributed by atoms with Gasteiger partial charge in [0.05, 0.1) is 10.8 Å². The molecule has 0 heterocycles. The van der Waals surface area contributed by atoms with Gasteiger partial charge in [0.1, 0.15) is 12.4 Å². The third-order valence-corrected chi connectivity index (χ3v) is 3.11. The van der Waals surface area contributed by atoms with Crippen LogP contribution in [0, 0.1) is 5.82 Å². The van der Waals surface area contributed by atoms with Crippen LogP contribution in [0.15, 0.2) is 42.5 Å². The summed E-state index contributed by atoms with van der Waals surface area (Å²) >= 11 is 5.72. The average Bonchev–Trinajstić information content (AvgIpc) is 2.40. The fourth-order valence-corrected chi connectivity index (χ4v) is 1.88. The molecule has 0 aromatic heterocycles. The molecule has 0 aliphatic heterocycles. The Balaban J connectivity index is 0.00000220. The maximum Gasteiger partial charge on any atom is 1.00 e. The van der Waals surface area contributed by atoms with E-state index in [4.69, 9.17) is 16.3 Å². The summed E-state index contributed by atoms with van der Waals surface area (Å²) in [7, 11) is 0. The van der Waals surface area contributed by atoms with Gasteiger partial charge in [0.15, 0.2) is 0 Å². The van der Waals surface area contributed by atoms with Gasteiger partial charge in [-0.15, -0.1) is 0 Å². The minimum atomic E-state index is -5.17. The summed E-state index contributed by atoms with van der Waals surface area (Å²) in [6, 6.07) is 8.96. The monoisotopic (exact) mass is 342 g/mol. The van der Waals surface area contributed by atoms with Crippen molar-refractivity contribution >= 4 is 24.0 Å². The smallest absolute Gasteiger partial charge is 0.492 e. The Morgan fingerprint density at radius 1 is 1.00 bits per heavy atom. The molecule has 1 nitrogen and oxygen atoms in total. The van der Waals surface area contributed by atoms with Crippen LogP contribution in [0.5, 0.6) is 5.75 Å². The maximum atomic E-state index is 13.2. The fourth-order valence-electron chi connectivity index (χ4n) is 1.70. The molecule has 0 aliphatic rings. The predicted molar refractivity (Wildman–Crippen MR) is 70.9 cm³/mol. The van der Waals surface area contributed by atoms with Crippen LogP contribution in [0.3, 0.4) is 0 Å². The van der Waals surface area contributed by atoms with Crippen LogP contribution >= 0.6 is 11.6 Å². The molecule has 106 valence electrons. The normalized spacial score (nSPS) is 10.9. The molecule has 8 heteroatoms. The first-order valence-electron chi connectivity index (χ1n) is 5.74. The van der Waals surface area contributed by atoms with Gasteiger partial charge in [-0.2, -0.15) is 0 Å². The minimum Gasteiger partial charge on any atom is -0.492 e. The Morgan fingerprint density at radius 2 is 1.67 bits per heavy atom. The number of benzene rings is 2. The Bertz CT molecular complexity index is 621. The molecule has 0 atom stereocenters. The maximum absolute atomic E-state index is 13.2. The molecule has 2 aromatic carbocycles. The van der Waals surface area contributed by atoms with E-state index in [1.807, 2.05) is 0 Å². The first-order chi connectivity index (χ1) is 9.39. The molecular weight excluding hydrogens is 333 g/mol. The number of hydrogen-bond acceptors (Lipinski definition) is 1. The van der Waals surface area contributed by atoms with Crippen LogP contribution in [0.1, 0.15) is 5.56 Å². The van der Waals surface area contributed by atoms with Gasteiger partial charge in [0, 0.05) is 5.56 Å². The number of para-hydroxylation sites is 1. The second-order valence-corrected chi connectivity index (χ2v) is 4.49. The molecule has 2 aromatic rings. The first kappa shape index (κ1) is 19.0. The summed E-state index contributed by atoms with van der Waals surface area (Å²) in [6.07, 6.45) is 0. The van der Waals surface area contributed by atoms with E-state index in [0.717, 1.165) is 6.07 Å². The van der Waals surface area contributed by atoms with Crippen molar-refractivity contribution in [2.24, 2.45) is 0 Å². The molecule has 0 N–H and O–H groups in total. The van der Waals surface area contributed by atoms with E-state index in [-0.39, 0.29) is 74.3 Å². The topological polar surface area (TPSA) is 9.23 Å².